The van der Waals surface area contributed by atoms with Gasteiger partial charge in [0.25, 0.3) is 0 Å². The maximum atomic E-state index is 13.3. The van der Waals surface area contributed by atoms with Gasteiger partial charge in [-0.05, 0) is 77.1 Å². The fourth-order valence-electron chi connectivity index (χ4n) is 5.05. The molecular formula is C34H45N3O9. The molecule has 3 amide bonds. The first-order chi connectivity index (χ1) is 21.4. The van der Waals surface area contributed by atoms with Gasteiger partial charge in [0, 0.05) is 12.3 Å². The lowest BCUT2D eigenvalue weighted by molar-refractivity contribution is -0.155. The van der Waals surface area contributed by atoms with Gasteiger partial charge in [-0.3, -0.25) is 19.2 Å². The van der Waals surface area contributed by atoms with Crippen LogP contribution in [0.3, 0.4) is 0 Å². The number of carboxylic acid groups (broad SMARTS) is 1. The molecule has 1 aliphatic carbocycles. The highest BCUT2D eigenvalue weighted by atomic mass is 16.6. The number of amides is 3. The molecule has 1 aliphatic rings. The summed E-state index contributed by atoms with van der Waals surface area (Å²) in [6.07, 6.45) is -1.53. The molecule has 0 aliphatic heterocycles. The van der Waals surface area contributed by atoms with Gasteiger partial charge in [-0.25, -0.2) is 4.79 Å². The largest absolute Gasteiger partial charge is 0.480 e. The van der Waals surface area contributed by atoms with Crippen LogP contribution in [-0.4, -0.2) is 77.5 Å². The predicted octanol–water partition coefficient (Wildman–Crippen LogP) is 3.90. The highest BCUT2D eigenvalue weighted by Gasteiger charge is 2.37. The number of nitrogens with one attached hydrogen (secondary N) is 3. The lowest BCUT2D eigenvalue weighted by Gasteiger charge is -2.28. The molecule has 0 bridgehead atoms. The van der Waals surface area contributed by atoms with E-state index in [1.165, 1.54) is 6.92 Å². The van der Waals surface area contributed by atoms with Crippen LogP contribution >= 0.6 is 0 Å². The van der Waals surface area contributed by atoms with E-state index in [-0.39, 0.29) is 25.4 Å². The minimum atomic E-state index is -1.25. The fraction of sp³-hybridized carbons (Fsp3) is 0.500. The standard InChI is InChI=1S/C34H45N3O9/c1-20(30(41)37-25(19-44-33(2,3)4)31(42)35-18-27(38)39)36-32(43)45-26(16-17-28(40)46-34(5,6)7)29-23-14-10-8-12-21(23)22-13-9-11-15-24(22)29/h8-15,20,25-26,29H,16-19H2,1-7H3,(H,35,42)(H,36,43)(H,37,41)(H,38,39). The third-order valence-electron chi connectivity index (χ3n) is 7.02. The number of hydrogen-bond acceptors (Lipinski definition) is 8. The van der Waals surface area contributed by atoms with Crippen molar-refractivity contribution in [3.05, 3.63) is 59.7 Å². The lowest BCUT2D eigenvalue weighted by atomic mass is 9.88. The molecule has 0 heterocycles. The molecular weight excluding hydrogens is 594 g/mol. The molecule has 12 nitrogen and oxygen atoms in total. The van der Waals surface area contributed by atoms with Crippen LogP contribution in [0.5, 0.6) is 0 Å². The molecule has 0 fully saturated rings. The highest BCUT2D eigenvalue weighted by Crippen LogP contribution is 2.47. The van der Waals surface area contributed by atoms with Gasteiger partial charge >= 0.3 is 18.0 Å². The number of rotatable bonds is 13. The van der Waals surface area contributed by atoms with Crippen LogP contribution in [0.4, 0.5) is 4.79 Å². The number of carbonyl (C=O) groups is 5. The zero-order valence-electron chi connectivity index (χ0n) is 27.5. The fourth-order valence-corrected chi connectivity index (χ4v) is 5.05. The minimum Gasteiger partial charge on any atom is -0.480 e. The van der Waals surface area contributed by atoms with E-state index in [4.69, 9.17) is 19.3 Å². The molecule has 250 valence electrons. The maximum absolute atomic E-state index is 13.3. The molecule has 46 heavy (non-hydrogen) atoms. The second-order valence-corrected chi connectivity index (χ2v) is 13.2. The second kappa shape index (κ2) is 15.2. The third-order valence-corrected chi connectivity index (χ3v) is 7.02. The van der Waals surface area contributed by atoms with Crippen LogP contribution in [0, 0.1) is 0 Å². The Morgan fingerprint density at radius 3 is 1.91 bits per heavy atom. The zero-order chi connectivity index (χ0) is 34.2. The molecule has 3 rings (SSSR count). The van der Waals surface area contributed by atoms with Gasteiger partial charge in [0.2, 0.25) is 11.8 Å². The van der Waals surface area contributed by atoms with Crippen molar-refractivity contribution < 1.29 is 43.3 Å². The van der Waals surface area contributed by atoms with Crippen LogP contribution < -0.4 is 16.0 Å². The SMILES string of the molecule is CC(NC(=O)OC(CCC(=O)OC(C)(C)C)C1c2ccccc2-c2ccccc21)C(=O)NC(COC(C)(C)C)C(=O)NCC(=O)O. The van der Waals surface area contributed by atoms with E-state index in [2.05, 4.69) is 16.0 Å². The Morgan fingerprint density at radius 2 is 1.39 bits per heavy atom. The number of hydrogen-bond donors (Lipinski definition) is 4. The topological polar surface area (TPSA) is 169 Å². The van der Waals surface area contributed by atoms with Gasteiger partial charge in [-0.15, -0.1) is 0 Å². The number of carboxylic acids is 1. The number of alkyl carbamates (subject to hydrolysis) is 1. The summed E-state index contributed by atoms with van der Waals surface area (Å²) < 4.78 is 17.1. The van der Waals surface area contributed by atoms with Gasteiger partial charge in [0.15, 0.2) is 0 Å². The Bertz CT molecular complexity index is 1380. The predicted molar refractivity (Wildman–Crippen MR) is 170 cm³/mol. The van der Waals surface area contributed by atoms with Gasteiger partial charge in [-0.1, -0.05) is 48.5 Å². The Hall–Kier alpha value is -4.45. The number of benzene rings is 2. The summed E-state index contributed by atoms with van der Waals surface area (Å²) in [6.45, 7) is 11.2. The molecule has 2 aromatic rings. The molecule has 0 saturated carbocycles. The summed E-state index contributed by atoms with van der Waals surface area (Å²) >= 11 is 0. The first-order valence-corrected chi connectivity index (χ1v) is 15.3. The van der Waals surface area contributed by atoms with Crippen molar-refractivity contribution in [1.82, 2.24) is 16.0 Å². The maximum Gasteiger partial charge on any atom is 0.408 e. The van der Waals surface area contributed by atoms with Crippen molar-refractivity contribution >= 4 is 29.8 Å². The van der Waals surface area contributed by atoms with Crippen molar-refractivity contribution in [3.63, 3.8) is 0 Å². The van der Waals surface area contributed by atoms with Crippen LogP contribution in [0.25, 0.3) is 11.1 Å². The smallest absolute Gasteiger partial charge is 0.408 e. The lowest BCUT2D eigenvalue weighted by Crippen LogP contribution is -2.55. The molecule has 12 heteroatoms. The van der Waals surface area contributed by atoms with Crippen LogP contribution in [0.1, 0.15) is 78.4 Å². The average Bonchev–Trinajstić information content (AvgIpc) is 3.29. The molecule has 2 aromatic carbocycles. The van der Waals surface area contributed by atoms with Crippen molar-refractivity contribution in [2.24, 2.45) is 0 Å². The van der Waals surface area contributed by atoms with Crippen molar-refractivity contribution in [2.45, 2.75) is 96.6 Å². The molecule has 0 saturated heterocycles. The molecule has 3 atom stereocenters. The molecule has 0 aromatic heterocycles. The zero-order valence-corrected chi connectivity index (χ0v) is 27.5. The summed E-state index contributed by atoms with van der Waals surface area (Å²) in [5, 5.41) is 16.2. The van der Waals surface area contributed by atoms with E-state index in [1.807, 2.05) is 48.5 Å². The van der Waals surface area contributed by atoms with E-state index < -0.39 is 65.8 Å². The van der Waals surface area contributed by atoms with E-state index in [0.717, 1.165) is 22.3 Å². The van der Waals surface area contributed by atoms with Gasteiger partial charge in [0.1, 0.15) is 30.3 Å². The number of esters is 1. The first kappa shape index (κ1) is 36.0. The summed E-state index contributed by atoms with van der Waals surface area (Å²) in [4.78, 5) is 62.6. The normalized spacial score (nSPS) is 14.6. The van der Waals surface area contributed by atoms with E-state index in [9.17, 15) is 24.0 Å². The van der Waals surface area contributed by atoms with Crippen molar-refractivity contribution in [3.8, 4) is 11.1 Å². The molecule has 3 unspecified atom stereocenters. The molecule has 0 spiro atoms. The highest BCUT2D eigenvalue weighted by molar-refractivity contribution is 5.92. The Balaban J connectivity index is 1.77. The monoisotopic (exact) mass is 639 g/mol. The molecule has 4 N–H and O–H groups in total. The number of fused-ring (bicyclic) bond motifs is 3. The van der Waals surface area contributed by atoms with Gasteiger partial charge in [-0.2, -0.15) is 0 Å². The van der Waals surface area contributed by atoms with Gasteiger partial charge in [0.05, 0.1) is 12.2 Å². The number of carbonyl (C=O) groups excluding carboxylic acids is 4. The van der Waals surface area contributed by atoms with E-state index in [0.29, 0.717) is 0 Å². The quantitative estimate of drug-likeness (QED) is 0.238. The Morgan fingerprint density at radius 1 is 0.826 bits per heavy atom. The van der Waals surface area contributed by atoms with E-state index in [1.54, 1.807) is 41.5 Å². The van der Waals surface area contributed by atoms with Crippen LogP contribution in [0.15, 0.2) is 48.5 Å². The van der Waals surface area contributed by atoms with Crippen LogP contribution in [0.2, 0.25) is 0 Å². The average molecular weight is 640 g/mol. The summed E-state index contributed by atoms with van der Waals surface area (Å²) in [6, 6.07) is 13.2. The third kappa shape index (κ3) is 10.6. The van der Waals surface area contributed by atoms with Gasteiger partial charge < -0.3 is 35.3 Å². The van der Waals surface area contributed by atoms with E-state index >= 15 is 0 Å². The molecule has 0 radical (unpaired) electrons. The summed E-state index contributed by atoms with van der Waals surface area (Å²) in [5.41, 5.74) is 2.59. The Labute approximate surface area is 269 Å². The van der Waals surface area contributed by atoms with Crippen molar-refractivity contribution in [2.75, 3.05) is 13.2 Å². The second-order valence-electron chi connectivity index (χ2n) is 13.2. The first-order valence-electron chi connectivity index (χ1n) is 15.3. The summed E-state index contributed by atoms with van der Waals surface area (Å²) in [5.74, 6) is -3.52. The van der Waals surface area contributed by atoms with Crippen LogP contribution in [-0.2, 0) is 33.4 Å². The Kier molecular flexibility index (Phi) is 11.9. The number of aliphatic carboxylic acids is 1. The minimum absolute atomic E-state index is 0.00694. The van der Waals surface area contributed by atoms with Crippen molar-refractivity contribution in [1.29, 1.82) is 0 Å². The number of ether oxygens (including phenoxy) is 3. The summed E-state index contributed by atoms with van der Waals surface area (Å²) in [7, 11) is 0.